The summed E-state index contributed by atoms with van der Waals surface area (Å²) in [5.74, 6) is -0.163. The molecule has 2 N–H and O–H groups in total. The molecule has 1 fully saturated rings. The molecular weight excluding hydrogens is 374 g/mol. The average molecular weight is 400 g/mol. The lowest BCUT2D eigenvalue weighted by Gasteiger charge is -2.26. The molecule has 2 aromatic rings. The summed E-state index contributed by atoms with van der Waals surface area (Å²) >= 11 is 1.67. The molecule has 1 aliphatic rings. The van der Waals surface area contributed by atoms with Crippen molar-refractivity contribution in [3.05, 3.63) is 28.0 Å². The van der Waals surface area contributed by atoms with Gasteiger partial charge in [-0.3, -0.25) is 14.4 Å². The molecule has 3 rings (SSSR count). The van der Waals surface area contributed by atoms with Crippen LogP contribution in [0.5, 0.6) is 0 Å². The predicted molar refractivity (Wildman–Crippen MR) is 104 cm³/mol. The molecule has 1 amide bonds. The summed E-state index contributed by atoms with van der Waals surface area (Å²) in [5, 5.41) is 17.4. The molecule has 0 radical (unpaired) electrons. The van der Waals surface area contributed by atoms with E-state index in [1.165, 1.54) is 0 Å². The third kappa shape index (κ3) is 6.31. The highest BCUT2D eigenvalue weighted by Crippen LogP contribution is 2.10. The summed E-state index contributed by atoms with van der Waals surface area (Å²) < 4.78 is 1.75. The first kappa shape index (κ1) is 20.8. The van der Waals surface area contributed by atoms with E-state index >= 15 is 0 Å². The Morgan fingerprint density at radius 3 is 2.88 bits per heavy atom. The van der Waals surface area contributed by atoms with Crippen LogP contribution in [0, 0.1) is 6.92 Å². The van der Waals surface area contributed by atoms with Crippen molar-refractivity contribution in [1.29, 1.82) is 0 Å². The van der Waals surface area contributed by atoms with Gasteiger partial charge in [-0.1, -0.05) is 5.21 Å². The minimum absolute atomic E-state index is 0. The van der Waals surface area contributed by atoms with Crippen LogP contribution in [-0.4, -0.2) is 70.1 Å². The lowest BCUT2D eigenvalue weighted by molar-refractivity contribution is 0.0948. The van der Waals surface area contributed by atoms with E-state index in [0.29, 0.717) is 12.2 Å². The van der Waals surface area contributed by atoms with Crippen LogP contribution in [0.1, 0.15) is 27.6 Å². The van der Waals surface area contributed by atoms with E-state index in [1.807, 2.05) is 12.3 Å². The number of rotatable bonds is 8. The van der Waals surface area contributed by atoms with E-state index in [-0.39, 0.29) is 18.3 Å². The number of aryl methyl sites for hydroxylation is 2. The van der Waals surface area contributed by atoms with Crippen LogP contribution in [0.4, 0.5) is 0 Å². The molecule has 0 aliphatic carbocycles. The number of carbonyl (C=O) groups excluding carboxylic acids is 1. The summed E-state index contributed by atoms with van der Waals surface area (Å²) in [5.41, 5.74) is 1.44. The largest absolute Gasteiger partial charge is 0.351 e. The molecule has 0 unspecified atom stereocenters. The minimum Gasteiger partial charge on any atom is -0.351 e. The Balaban J connectivity index is 0.00000243. The zero-order valence-electron chi connectivity index (χ0n) is 15.0. The zero-order chi connectivity index (χ0) is 17.5. The normalized spacial score (nSPS) is 14.8. The maximum Gasteiger partial charge on any atom is 0.273 e. The first-order valence-corrected chi connectivity index (χ1v) is 9.61. The van der Waals surface area contributed by atoms with E-state index in [9.17, 15) is 4.79 Å². The van der Waals surface area contributed by atoms with Gasteiger partial charge in [0, 0.05) is 56.8 Å². The monoisotopic (exact) mass is 399 g/mol. The number of hydrogen-bond donors (Lipinski definition) is 2. The van der Waals surface area contributed by atoms with E-state index < -0.39 is 0 Å². The van der Waals surface area contributed by atoms with Crippen LogP contribution < -0.4 is 10.6 Å². The molecule has 10 heteroatoms. The highest BCUT2D eigenvalue weighted by atomic mass is 35.5. The van der Waals surface area contributed by atoms with Gasteiger partial charge in [0.05, 0.1) is 17.7 Å². The molecule has 0 spiro atoms. The van der Waals surface area contributed by atoms with Crippen molar-refractivity contribution < 1.29 is 4.79 Å². The maximum atomic E-state index is 12.1. The molecular formula is C16H26ClN7OS. The molecule has 0 aromatic carbocycles. The first-order valence-electron chi connectivity index (χ1n) is 8.73. The number of nitrogens with zero attached hydrogens (tertiary/aromatic N) is 5. The highest BCUT2D eigenvalue weighted by Gasteiger charge is 2.12. The van der Waals surface area contributed by atoms with Crippen LogP contribution in [0.15, 0.2) is 11.6 Å². The molecule has 8 nitrogen and oxygen atoms in total. The van der Waals surface area contributed by atoms with Crippen LogP contribution in [0.2, 0.25) is 0 Å². The predicted octanol–water partition coefficient (Wildman–Crippen LogP) is 0.733. The second-order valence-corrected chi connectivity index (χ2v) is 7.14. The molecule has 1 saturated heterocycles. The second-order valence-electron chi connectivity index (χ2n) is 6.20. The molecule has 1 aliphatic heterocycles. The molecule has 0 atom stereocenters. The first-order chi connectivity index (χ1) is 12.2. The van der Waals surface area contributed by atoms with Gasteiger partial charge in [0.2, 0.25) is 0 Å². The fourth-order valence-corrected chi connectivity index (χ4v) is 3.56. The lowest BCUT2D eigenvalue weighted by Crippen LogP contribution is -2.44. The molecule has 3 heterocycles. The highest BCUT2D eigenvalue weighted by molar-refractivity contribution is 7.09. The van der Waals surface area contributed by atoms with E-state index in [4.69, 9.17) is 0 Å². The smallest absolute Gasteiger partial charge is 0.273 e. The Bertz CT molecular complexity index is 684. The fraction of sp³-hybridized carbons (Fsp3) is 0.625. The van der Waals surface area contributed by atoms with Gasteiger partial charge in [0.25, 0.3) is 5.91 Å². The molecule has 2 aromatic heterocycles. The number of thiazole rings is 1. The third-order valence-electron chi connectivity index (χ3n) is 4.15. The maximum absolute atomic E-state index is 12.1. The van der Waals surface area contributed by atoms with Gasteiger partial charge < -0.3 is 10.6 Å². The van der Waals surface area contributed by atoms with Crippen molar-refractivity contribution in [3.63, 3.8) is 0 Å². The number of nitrogens with one attached hydrogen (secondary N) is 2. The summed E-state index contributed by atoms with van der Waals surface area (Å²) in [6.07, 6.45) is 3.48. The standard InChI is InChI=1S/C16H25N7OS.ClH/c1-13-12-25-15(19-13)3-2-4-18-16(24)14-11-23(21-20-14)10-9-22-7-5-17-6-8-22;/h11-12,17H,2-10H2,1H3,(H,18,24);1H. The SMILES string of the molecule is Cc1csc(CCCNC(=O)c2cn(CCN3CCNCC3)nn2)n1.Cl. The number of halogens is 1. The van der Waals surface area contributed by atoms with Crippen LogP contribution in [0.25, 0.3) is 0 Å². The van der Waals surface area contributed by atoms with Gasteiger partial charge in [-0.05, 0) is 13.3 Å². The van der Waals surface area contributed by atoms with Gasteiger partial charge in [-0.15, -0.1) is 28.8 Å². The average Bonchev–Trinajstić information content (AvgIpc) is 3.27. The quantitative estimate of drug-likeness (QED) is 0.636. The van der Waals surface area contributed by atoms with Crippen molar-refractivity contribution in [2.75, 3.05) is 39.3 Å². The fourth-order valence-electron chi connectivity index (χ4n) is 2.74. The van der Waals surface area contributed by atoms with Gasteiger partial charge in [0.1, 0.15) is 0 Å². The zero-order valence-corrected chi connectivity index (χ0v) is 16.6. The summed E-state index contributed by atoms with van der Waals surface area (Å²) in [6, 6.07) is 0. The minimum atomic E-state index is -0.163. The van der Waals surface area contributed by atoms with Crippen LogP contribution >= 0.6 is 23.7 Å². The van der Waals surface area contributed by atoms with E-state index in [1.54, 1.807) is 22.2 Å². The Labute approximate surface area is 163 Å². The number of amides is 1. The van der Waals surface area contributed by atoms with Crippen molar-refractivity contribution in [2.24, 2.45) is 0 Å². The van der Waals surface area contributed by atoms with Gasteiger partial charge in [-0.25, -0.2) is 4.98 Å². The molecule has 144 valence electrons. The Morgan fingerprint density at radius 2 is 2.15 bits per heavy atom. The Hall–Kier alpha value is -1.55. The summed E-state index contributed by atoms with van der Waals surface area (Å²) in [6.45, 7) is 8.47. The topological polar surface area (TPSA) is 88.0 Å². The second kappa shape index (κ2) is 10.6. The molecule has 0 bridgehead atoms. The number of hydrogen-bond acceptors (Lipinski definition) is 7. The van der Waals surface area contributed by atoms with Crippen molar-refractivity contribution in [1.82, 2.24) is 35.5 Å². The van der Waals surface area contributed by atoms with Crippen molar-refractivity contribution in [2.45, 2.75) is 26.3 Å². The number of aromatic nitrogens is 4. The van der Waals surface area contributed by atoms with Gasteiger partial charge in [0.15, 0.2) is 5.69 Å². The summed E-state index contributed by atoms with van der Waals surface area (Å²) in [4.78, 5) is 18.9. The van der Waals surface area contributed by atoms with Gasteiger partial charge in [-0.2, -0.15) is 0 Å². The third-order valence-corrected chi connectivity index (χ3v) is 5.17. The van der Waals surface area contributed by atoms with E-state index in [2.05, 4.69) is 30.8 Å². The van der Waals surface area contributed by atoms with Crippen LogP contribution in [0.3, 0.4) is 0 Å². The van der Waals surface area contributed by atoms with Gasteiger partial charge >= 0.3 is 0 Å². The van der Waals surface area contributed by atoms with E-state index in [0.717, 1.165) is 62.8 Å². The molecule has 26 heavy (non-hydrogen) atoms. The van der Waals surface area contributed by atoms with Crippen molar-refractivity contribution >= 4 is 29.7 Å². The lowest BCUT2D eigenvalue weighted by atomic mass is 10.3. The molecule has 0 saturated carbocycles. The number of carbonyl (C=O) groups is 1. The van der Waals surface area contributed by atoms with Crippen molar-refractivity contribution in [3.8, 4) is 0 Å². The Morgan fingerprint density at radius 1 is 1.35 bits per heavy atom. The summed E-state index contributed by atoms with van der Waals surface area (Å²) in [7, 11) is 0. The Kier molecular flexibility index (Phi) is 8.43. The van der Waals surface area contributed by atoms with Crippen LogP contribution in [-0.2, 0) is 13.0 Å². The number of piperazine rings is 1.